The van der Waals surface area contributed by atoms with Gasteiger partial charge in [0.05, 0.1) is 17.2 Å². The van der Waals surface area contributed by atoms with Crippen molar-refractivity contribution in [1.82, 2.24) is 10.2 Å². The number of amides is 2. The van der Waals surface area contributed by atoms with Crippen LogP contribution in [0.15, 0.2) is 76.1 Å². The second-order valence-corrected chi connectivity index (χ2v) is 14.2. The number of hydrogen-bond acceptors (Lipinski definition) is 5. The molecule has 226 valence electrons. The highest BCUT2D eigenvalue weighted by molar-refractivity contribution is 9.10. The summed E-state index contributed by atoms with van der Waals surface area (Å²) in [6.45, 7) is 8.74. The Labute approximate surface area is 266 Å². The van der Waals surface area contributed by atoms with Gasteiger partial charge in [-0.25, -0.2) is 8.42 Å². The number of ether oxygens (including phenoxy) is 1. The molecule has 0 aliphatic carbocycles. The van der Waals surface area contributed by atoms with Crippen LogP contribution in [-0.2, 0) is 26.2 Å². The van der Waals surface area contributed by atoms with E-state index in [1.54, 1.807) is 61.5 Å². The van der Waals surface area contributed by atoms with Crippen LogP contribution in [0.5, 0.6) is 5.75 Å². The molecule has 0 aliphatic rings. The molecule has 3 rings (SSSR count). The summed E-state index contributed by atoms with van der Waals surface area (Å²) in [6.07, 6.45) is 0. The van der Waals surface area contributed by atoms with E-state index in [4.69, 9.17) is 27.9 Å². The highest BCUT2D eigenvalue weighted by atomic mass is 79.9. The Morgan fingerprint density at radius 1 is 1.00 bits per heavy atom. The van der Waals surface area contributed by atoms with E-state index in [0.29, 0.717) is 32.4 Å². The summed E-state index contributed by atoms with van der Waals surface area (Å²) < 4.78 is 35.1. The van der Waals surface area contributed by atoms with Gasteiger partial charge in [-0.05, 0) is 101 Å². The molecule has 0 heterocycles. The van der Waals surface area contributed by atoms with Gasteiger partial charge in [0.2, 0.25) is 11.8 Å². The zero-order valence-electron chi connectivity index (χ0n) is 24.0. The lowest BCUT2D eigenvalue weighted by atomic mass is 10.1. The zero-order valence-corrected chi connectivity index (χ0v) is 27.9. The summed E-state index contributed by atoms with van der Waals surface area (Å²) >= 11 is 15.8. The minimum Gasteiger partial charge on any atom is -0.494 e. The first kappa shape index (κ1) is 33.7. The van der Waals surface area contributed by atoms with E-state index >= 15 is 0 Å². The first-order valence-corrected chi connectivity index (χ1v) is 16.2. The third-order valence-electron chi connectivity index (χ3n) is 6.14. The average molecular weight is 699 g/mol. The predicted octanol–water partition coefficient (Wildman–Crippen LogP) is 6.68. The molecule has 0 saturated carbocycles. The highest BCUT2D eigenvalue weighted by Crippen LogP contribution is 2.28. The molecule has 12 heteroatoms. The first-order valence-electron chi connectivity index (χ1n) is 13.2. The van der Waals surface area contributed by atoms with Crippen LogP contribution < -0.4 is 14.4 Å². The second kappa shape index (κ2) is 14.1. The largest absolute Gasteiger partial charge is 0.494 e. The van der Waals surface area contributed by atoms with Crippen LogP contribution >= 0.6 is 39.1 Å². The molecule has 0 radical (unpaired) electrons. The van der Waals surface area contributed by atoms with E-state index in [-0.39, 0.29) is 17.1 Å². The molecule has 0 spiro atoms. The maximum Gasteiger partial charge on any atom is 0.264 e. The molecule has 2 amide bonds. The van der Waals surface area contributed by atoms with Crippen molar-refractivity contribution in [1.29, 1.82) is 0 Å². The van der Waals surface area contributed by atoms with E-state index < -0.39 is 40.0 Å². The molecule has 3 aromatic carbocycles. The molecule has 0 unspecified atom stereocenters. The summed E-state index contributed by atoms with van der Waals surface area (Å²) in [5.41, 5.74) is 0.247. The third-order valence-corrected chi connectivity index (χ3v) is 9.04. The standard InChI is InChI=1S/C30H34BrCl2N3O5S/c1-6-41-25-13-11-24(12-14-25)36(42(39,40)26-15-8-22(31)9-16-26)19-28(37)35(20(2)29(38)34-30(3,4)5)18-21-7-10-23(32)17-27(21)33/h7-17,20H,6,18-19H2,1-5H3,(H,34,38)/t20-/m1/s1. The van der Waals surface area contributed by atoms with Gasteiger partial charge >= 0.3 is 0 Å². The van der Waals surface area contributed by atoms with Crippen molar-refractivity contribution in [3.05, 3.63) is 86.8 Å². The fourth-order valence-electron chi connectivity index (χ4n) is 4.03. The van der Waals surface area contributed by atoms with Crippen LogP contribution in [-0.4, -0.2) is 49.9 Å². The van der Waals surface area contributed by atoms with Gasteiger partial charge in [0.25, 0.3) is 10.0 Å². The number of sulfonamides is 1. The maximum absolute atomic E-state index is 14.1. The van der Waals surface area contributed by atoms with Crippen LogP contribution in [0.25, 0.3) is 0 Å². The Kier molecular flexibility index (Phi) is 11.3. The number of halogens is 3. The van der Waals surface area contributed by atoms with Gasteiger partial charge in [-0.1, -0.05) is 45.2 Å². The monoisotopic (exact) mass is 697 g/mol. The third kappa shape index (κ3) is 8.86. The average Bonchev–Trinajstić information content (AvgIpc) is 2.91. The van der Waals surface area contributed by atoms with Crippen LogP contribution in [0, 0.1) is 0 Å². The molecular formula is C30H34BrCl2N3O5S. The Balaban J connectivity index is 2.06. The lowest BCUT2D eigenvalue weighted by Crippen LogP contribution is -2.54. The van der Waals surface area contributed by atoms with E-state index in [1.807, 2.05) is 27.7 Å². The van der Waals surface area contributed by atoms with E-state index in [9.17, 15) is 18.0 Å². The number of carbonyl (C=O) groups is 2. The number of rotatable bonds is 11. The maximum atomic E-state index is 14.1. The molecule has 0 fully saturated rings. The minimum absolute atomic E-state index is 0.00166. The fourth-order valence-corrected chi connectivity index (χ4v) is 6.17. The molecule has 1 atom stereocenters. The van der Waals surface area contributed by atoms with Gasteiger partial charge < -0.3 is 15.0 Å². The fraction of sp³-hybridized carbons (Fsp3) is 0.333. The molecule has 0 saturated heterocycles. The number of nitrogens with one attached hydrogen (secondary N) is 1. The van der Waals surface area contributed by atoms with Gasteiger partial charge in [0.15, 0.2) is 0 Å². The topological polar surface area (TPSA) is 96.0 Å². The zero-order chi connectivity index (χ0) is 31.2. The summed E-state index contributed by atoms with van der Waals surface area (Å²) in [6, 6.07) is 16.4. The first-order chi connectivity index (χ1) is 19.6. The van der Waals surface area contributed by atoms with Crippen molar-refractivity contribution >= 4 is 66.7 Å². The smallest absolute Gasteiger partial charge is 0.264 e. The minimum atomic E-state index is -4.21. The highest BCUT2D eigenvalue weighted by Gasteiger charge is 2.33. The van der Waals surface area contributed by atoms with Gasteiger partial charge in [-0.3, -0.25) is 13.9 Å². The SMILES string of the molecule is CCOc1ccc(N(CC(=O)N(Cc2ccc(Cl)cc2Cl)[C@H](C)C(=O)NC(C)(C)C)S(=O)(=O)c2ccc(Br)cc2)cc1. The molecule has 8 nitrogen and oxygen atoms in total. The molecule has 0 aromatic heterocycles. The quantitative estimate of drug-likeness (QED) is 0.241. The molecular weight excluding hydrogens is 665 g/mol. The lowest BCUT2D eigenvalue weighted by molar-refractivity contribution is -0.140. The lowest BCUT2D eigenvalue weighted by Gasteiger charge is -2.33. The number of anilines is 1. The Morgan fingerprint density at radius 2 is 1.62 bits per heavy atom. The van der Waals surface area contributed by atoms with Crippen molar-refractivity contribution in [2.75, 3.05) is 17.5 Å². The Bertz CT molecular complexity index is 1510. The van der Waals surface area contributed by atoms with E-state index in [2.05, 4.69) is 21.2 Å². The summed E-state index contributed by atoms with van der Waals surface area (Å²) in [5, 5.41) is 3.62. The van der Waals surface area contributed by atoms with Crippen molar-refractivity contribution < 1.29 is 22.7 Å². The van der Waals surface area contributed by atoms with Crippen molar-refractivity contribution in [3.8, 4) is 5.75 Å². The van der Waals surface area contributed by atoms with Gasteiger partial charge in [0.1, 0.15) is 18.3 Å². The summed E-state index contributed by atoms with van der Waals surface area (Å²) in [7, 11) is -4.21. The Morgan fingerprint density at radius 3 is 2.17 bits per heavy atom. The normalized spacial score (nSPS) is 12.4. The van der Waals surface area contributed by atoms with Crippen LogP contribution in [0.2, 0.25) is 10.0 Å². The van der Waals surface area contributed by atoms with Crippen LogP contribution in [0.4, 0.5) is 5.69 Å². The Hall–Kier alpha value is -2.79. The van der Waals surface area contributed by atoms with E-state index in [0.717, 1.165) is 4.31 Å². The van der Waals surface area contributed by atoms with Gasteiger partial charge in [0, 0.05) is 26.6 Å². The molecule has 3 aromatic rings. The number of hydrogen-bond donors (Lipinski definition) is 1. The van der Waals surface area contributed by atoms with Crippen molar-refractivity contribution in [2.24, 2.45) is 0 Å². The summed E-state index contributed by atoms with van der Waals surface area (Å²) in [4.78, 5) is 28.6. The second-order valence-electron chi connectivity index (χ2n) is 10.6. The van der Waals surface area contributed by atoms with Crippen LogP contribution in [0.3, 0.4) is 0 Å². The van der Waals surface area contributed by atoms with Gasteiger partial charge in [-0.15, -0.1) is 0 Å². The van der Waals surface area contributed by atoms with Crippen LogP contribution in [0.1, 0.15) is 40.2 Å². The summed E-state index contributed by atoms with van der Waals surface area (Å²) in [5.74, 6) is -0.448. The predicted molar refractivity (Wildman–Crippen MR) is 171 cm³/mol. The number of carbonyl (C=O) groups excluding carboxylic acids is 2. The number of benzene rings is 3. The molecule has 1 N–H and O–H groups in total. The molecule has 0 aliphatic heterocycles. The molecule has 0 bridgehead atoms. The molecule has 42 heavy (non-hydrogen) atoms. The van der Waals surface area contributed by atoms with Crippen molar-refractivity contribution in [3.63, 3.8) is 0 Å². The van der Waals surface area contributed by atoms with Crippen molar-refractivity contribution in [2.45, 2.75) is 57.6 Å². The van der Waals surface area contributed by atoms with E-state index in [1.165, 1.54) is 17.0 Å². The van der Waals surface area contributed by atoms with Gasteiger partial charge in [-0.2, -0.15) is 0 Å². The number of nitrogens with zero attached hydrogens (tertiary/aromatic N) is 2.